The minimum atomic E-state index is -1.23. The van der Waals surface area contributed by atoms with E-state index in [1.54, 1.807) is 0 Å². The first-order chi connectivity index (χ1) is 14.5. The lowest BCUT2D eigenvalue weighted by molar-refractivity contribution is -0.125. The summed E-state index contributed by atoms with van der Waals surface area (Å²) in [5, 5.41) is 1.41. The molecular formula is C24H24N2O2S2. The van der Waals surface area contributed by atoms with Gasteiger partial charge in [-0.2, -0.15) is 0 Å². The number of hydrogen-bond donors (Lipinski definition) is 0. The van der Waals surface area contributed by atoms with Gasteiger partial charge in [-0.05, 0) is 47.5 Å². The third-order valence-electron chi connectivity index (χ3n) is 5.62. The topological polar surface area (TPSA) is 58.9 Å². The summed E-state index contributed by atoms with van der Waals surface area (Å²) in [6, 6.07) is 19.7. The summed E-state index contributed by atoms with van der Waals surface area (Å²) in [7, 11) is 0. The second kappa shape index (κ2) is 8.52. The van der Waals surface area contributed by atoms with Gasteiger partial charge in [0.25, 0.3) is 0 Å². The smallest absolute Gasteiger partial charge is 0.225 e. The second-order valence-corrected chi connectivity index (χ2v) is 9.63. The molecule has 2 atom stereocenters. The number of carbonyl (C=O) groups is 2. The molecular weight excluding hydrogens is 412 g/mol. The fourth-order valence-corrected chi connectivity index (χ4v) is 6.10. The van der Waals surface area contributed by atoms with Crippen molar-refractivity contribution < 1.29 is 9.59 Å². The van der Waals surface area contributed by atoms with E-state index in [4.69, 9.17) is 9.98 Å². The molecule has 0 aromatic heterocycles. The van der Waals surface area contributed by atoms with E-state index in [2.05, 4.69) is 0 Å². The van der Waals surface area contributed by atoms with Crippen molar-refractivity contribution in [1.29, 1.82) is 0 Å². The Balaban J connectivity index is 1.92. The van der Waals surface area contributed by atoms with Crippen LogP contribution in [0.5, 0.6) is 0 Å². The van der Waals surface area contributed by atoms with Crippen molar-refractivity contribution in [3.05, 3.63) is 71.8 Å². The third kappa shape index (κ3) is 3.56. The van der Waals surface area contributed by atoms with Crippen LogP contribution in [0.3, 0.4) is 0 Å². The largest absolute Gasteiger partial charge is 0.284 e. The van der Waals surface area contributed by atoms with Crippen molar-refractivity contribution >= 4 is 43.8 Å². The quantitative estimate of drug-likeness (QED) is 0.605. The van der Waals surface area contributed by atoms with Gasteiger partial charge in [0, 0.05) is 12.8 Å². The summed E-state index contributed by atoms with van der Waals surface area (Å²) < 4.78 is 0. The molecule has 154 valence electrons. The molecule has 0 radical (unpaired) electrons. The van der Waals surface area contributed by atoms with Crippen LogP contribution in [0.4, 0.5) is 0 Å². The maximum absolute atomic E-state index is 13.6. The number of benzene rings is 2. The zero-order valence-corrected chi connectivity index (χ0v) is 18.8. The molecule has 2 unspecified atom stereocenters. The molecule has 6 heteroatoms. The van der Waals surface area contributed by atoms with Gasteiger partial charge in [0.2, 0.25) is 10.2 Å². The molecule has 0 saturated heterocycles. The minimum absolute atomic E-state index is 0.0748. The zero-order valence-electron chi connectivity index (χ0n) is 17.1. The summed E-state index contributed by atoms with van der Waals surface area (Å²) in [6.07, 6.45) is 2.06. The van der Waals surface area contributed by atoms with Crippen LogP contribution in [0.2, 0.25) is 0 Å². The van der Waals surface area contributed by atoms with Crippen molar-refractivity contribution in [3.63, 3.8) is 0 Å². The van der Waals surface area contributed by atoms with Gasteiger partial charge in [-0.1, -0.05) is 74.5 Å². The first-order valence-corrected chi connectivity index (χ1v) is 11.9. The molecule has 2 aromatic carbocycles. The van der Waals surface area contributed by atoms with Gasteiger partial charge >= 0.3 is 0 Å². The van der Waals surface area contributed by atoms with Crippen molar-refractivity contribution in [2.24, 2.45) is 9.98 Å². The lowest BCUT2D eigenvalue weighted by Crippen LogP contribution is -2.60. The van der Waals surface area contributed by atoms with Gasteiger partial charge in [-0.25, -0.2) is 0 Å². The van der Waals surface area contributed by atoms with Gasteiger partial charge in [0.05, 0.1) is 10.1 Å². The first-order valence-electron chi connectivity index (χ1n) is 10.2. The van der Waals surface area contributed by atoms with E-state index >= 15 is 0 Å². The summed E-state index contributed by atoms with van der Waals surface area (Å²) in [4.78, 5) is 37.2. The van der Waals surface area contributed by atoms with Crippen LogP contribution in [0, 0.1) is 0 Å². The molecule has 0 saturated carbocycles. The van der Waals surface area contributed by atoms with Crippen molar-refractivity contribution in [1.82, 2.24) is 0 Å². The van der Waals surface area contributed by atoms with Crippen molar-refractivity contribution in [2.45, 2.75) is 50.6 Å². The van der Waals surface area contributed by atoms with Crippen LogP contribution >= 0.6 is 23.5 Å². The summed E-state index contributed by atoms with van der Waals surface area (Å²) in [5.41, 5.74) is -0.501. The number of thioether (sulfide) groups is 2. The fraction of sp³-hybridized carbons (Fsp3) is 0.333. The van der Waals surface area contributed by atoms with E-state index in [9.17, 15) is 9.59 Å². The average Bonchev–Trinajstić information content (AvgIpc) is 3.27. The highest BCUT2D eigenvalue weighted by Crippen LogP contribution is 2.50. The third-order valence-corrected chi connectivity index (χ3v) is 7.90. The lowest BCUT2D eigenvalue weighted by atomic mass is 9.71. The molecule has 0 spiro atoms. The lowest BCUT2D eigenvalue weighted by Gasteiger charge is -2.38. The molecule has 0 aliphatic carbocycles. The van der Waals surface area contributed by atoms with E-state index in [-0.39, 0.29) is 10.2 Å². The van der Waals surface area contributed by atoms with Crippen LogP contribution < -0.4 is 0 Å². The molecule has 4 nitrogen and oxygen atoms in total. The van der Waals surface area contributed by atoms with Crippen molar-refractivity contribution in [2.75, 3.05) is 0 Å². The molecule has 2 heterocycles. The number of hydrogen-bond acceptors (Lipinski definition) is 6. The molecule has 2 aliphatic heterocycles. The Kier molecular flexibility index (Phi) is 5.98. The summed E-state index contributed by atoms with van der Waals surface area (Å²) in [5.74, 6) is 0. The normalized spacial score (nSPS) is 26.1. The summed E-state index contributed by atoms with van der Waals surface area (Å²) >= 11 is 2.36. The molecule has 0 amide bonds. The highest BCUT2D eigenvalue weighted by Gasteiger charge is 2.65. The van der Waals surface area contributed by atoms with Crippen LogP contribution in [0.15, 0.2) is 70.6 Å². The highest BCUT2D eigenvalue weighted by molar-refractivity contribution is 8.27. The van der Waals surface area contributed by atoms with Gasteiger partial charge < -0.3 is 0 Å². The summed E-state index contributed by atoms with van der Waals surface area (Å²) in [6.45, 7) is 3.99. The Bertz CT molecular complexity index is 937. The molecule has 0 N–H and O–H groups in total. The van der Waals surface area contributed by atoms with Crippen LogP contribution in [0.25, 0.3) is 0 Å². The number of aliphatic imine (C=N–C) groups is 2. The van der Waals surface area contributed by atoms with E-state index in [0.29, 0.717) is 25.7 Å². The van der Waals surface area contributed by atoms with E-state index in [1.807, 2.05) is 74.5 Å². The number of rotatable bonds is 7. The maximum Gasteiger partial charge on any atom is 0.225 e. The van der Waals surface area contributed by atoms with Crippen LogP contribution in [-0.2, 0) is 22.4 Å². The van der Waals surface area contributed by atoms with Gasteiger partial charge in [0.1, 0.15) is 0 Å². The molecule has 2 aromatic rings. The molecule has 4 rings (SSSR count). The van der Waals surface area contributed by atoms with Gasteiger partial charge in [0.15, 0.2) is 11.1 Å². The predicted octanol–water partition coefficient (Wildman–Crippen LogP) is 5.11. The number of nitrogens with zero attached hydrogens (tertiary/aromatic N) is 2. The first kappa shape index (κ1) is 21.1. The Labute approximate surface area is 185 Å². The standard InChI is InChI=1S/C24H24N2O2S2/c1-3-19-25-23(21(27)29-19,15-17-11-7-5-8-12-17)24(16-18-13-9-6-10-14-18)22(28)30-20(4-2)26-24/h5-14H,3-4,15-16H2,1-2H3. The van der Waals surface area contributed by atoms with E-state index in [1.165, 1.54) is 23.5 Å². The van der Waals surface area contributed by atoms with Crippen molar-refractivity contribution in [3.8, 4) is 0 Å². The predicted molar refractivity (Wildman–Crippen MR) is 126 cm³/mol. The van der Waals surface area contributed by atoms with Crippen LogP contribution in [-0.4, -0.2) is 31.4 Å². The Morgan fingerprint density at radius 2 is 1.03 bits per heavy atom. The maximum atomic E-state index is 13.6. The van der Waals surface area contributed by atoms with Gasteiger partial charge in [-0.3, -0.25) is 19.6 Å². The Hall–Kier alpha value is -2.18. The second-order valence-electron chi connectivity index (χ2n) is 7.54. The molecule has 30 heavy (non-hydrogen) atoms. The Morgan fingerprint density at radius 3 is 1.33 bits per heavy atom. The molecule has 0 bridgehead atoms. The highest BCUT2D eigenvalue weighted by atomic mass is 32.2. The molecule has 0 fully saturated rings. The van der Waals surface area contributed by atoms with E-state index in [0.717, 1.165) is 21.2 Å². The van der Waals surface area contributed by atoms with Gasteiger partial charge in [-0.15, -0.1) is 0 Å². The fourth-order valence-electron chi connectivity index (χ4n) is 4.07. The number of carbonyl (C=O) groups excluding carboxylic acids is 2. The van der Waals surface area contributed by atoms with Crippen LogP contribution in [0.1, 0.15) is 37.8 Å². The zero-order chi connectivity index (χ0) is 21.2. The SMILES string of the molecule is CCC1=NC(Cc2ccccc2)(C2(Cc3ccccc3)N=C(CC)SC2=O)C(=O)S1. The average molecular weight is 437 g/mol. The minimum Gasteiger partial charge on any atom is -0.284 e. The monoisotopic (exact) mass is 436 g/mol. The molecule has 2 aliphatic rings. The Morgan fingerprint density at radius 1 is 0.667 bits per heavy atom. The van der Waals surface area contributed by atoms with E-state index < -0.39 is 11.1 Å².